The van der Waals surface area contributed by atoms with Crippen LogP contribution in [0.1, 0.15) is 36.5 Å². The van der Waals surface area contributed by atoms with Gasteiger partial charge in [-0.1, -0.05) is 13.0 Å². The molecular formula is C22H29N5O3S. The van der Waals surface area contributed by atoms with E-state index in [1.165, 1.54) is 4.57 Å². The Labute approximate surface area is 186 Å². The highest BCUT2D eigenvalue weighted by Gasteiger charge is 2.22. The zero-order valence-electron chi connectivity index (χ0n) is 17.8. The fraction of sp³-hybridized carbons (Fsp3) is 0.455. The first-order valence-electron chi connectivity index (χ1n) is 10.6. The third-order valence-electron chi connectivity index (χ3n) is 5.42. The molecule has 9 heteroatoms. The molecule has 8 nitrogen and oxygen atoms in total. The maximum absolute atomic E-state index is 12.7. The Hall–Kier alpha value is -2.78. The molecule has 166 valence electrons. The maximum Gasteiger partial charge on any atom is 0.262 e. The molecule has 1 saturated heterocycles. The number of hydrogen-bond acceptors (Lipinski definition) is 5. The molecule has 1 aliphatic heterocycles. The number of likely N-dealkylation sites (tertiary alicyclic amines) is 1. The lowest BCUT2D eigenvalue weighted by Gasteiger charge is -2.31. The number of benzene rings is 1. The maximum atomic E-state index is 12.7. The lowest BCUT2D eigenvalue weighted by molar-refractivity contribution is -0.122. The molecule has 0 unspecified atom stereocenters. The van der Waals surface area contributed by atoms with E-state index in [9.17, 15) is 14.4 Å². The highest BCUT2D eigenvalue weighted by molar-refractivity contribution is 7.71. The van der Waals surface area contributed by atoms with Crippen LogP contribution < -0.4 is 16.2 Å². The molecule has 1 aliphatic rings. The van der Waals surface area contributed by atoms with Crippen LogP contribution in [0, 0.1) is 4.77 Å². The molecule has 0 radical (unpaired) electrons. The Morgan fingerprint density at radius 3 is 2.74 bits per heavy atom. The predicted octanol–water partition coefficient (Wildman–Crippen LogP) is 1.97. The van der Waals surface area contributed by atoms with Gasteiger partial charge in [0.1, 0.15) is 0 Å². The molecular weight excluding hydrogens is 414 g/mol. The molecule has 0 spiro atoms. The van der Waals surface area contributed by atoms with E-state index in [-0.39, 0.29) is 23.4 Å². The van der Waals surface area contributed by atoms with Crippen LogP contribution in [0.2, 0.25) is 0 Å². The summed E-state index contributed by atoms with van der Waals surface area (Å²) in [6.45, 7) is 8.61. The molecule has 0 atom stereocenters. The summed E-state index contributed by atoms with van der Waals surface area (Å²) in [5.74, 6) is -0.138. The van der Waals surface area contributed by atoms with Gasteiger partial charge in [-0.2, -0.15) is 0 Å². The molecule has 2 aromatic rings. The van der Waals surface area contributed by atoms with Crippen molar-refractivity contribution in [3.63, 3.8) is 0 Å². The lowest BCUT2D eigenvalue weighted by atomic mass is 10.0. The van der Waals surface area contributed by atoms with E-state index in [0.29, 0.717) is 40.9 Å². The second-order valence-electron chi connectivity index (χ2n) is 7.77. The summed E-state index contributed by atoms with van der Waals surface area (Å²) in [7, 11) is 0. The van der Waals surface area contributed by atoms with E-state index in [1.54, 1.807) is 24.3 Å². The first-order chi connectivity index (χ1) is 14.9. The number of fused-ring (bicyclic) bond motifs is 1. The zero-order valence-corrected chi connectivity index (χ0v) is 18.6. The number of allylic oxidation sites excluding steroid dienone is 1. The number of amides is 2. The number of nitrogens with zero attached hydrogens (tertiary/aromatic N) is 2. The zero-order chi connectivity index (χ0) is 22.4. The third kappa shape index (κ3) is 5.68. The van der Waals surface area contributed by atoms with Crippen molar-refractivity contribution in [1.82, 2.24) is 25.1 Å². The largest absolute Gasteiger partial charge is 0.355 e. The topological polar surface area (TPSA) is 99.2 Å². The minimum absolute atomic E-state index is 0.0463. The van der Waals surface area contributed by atoms with Gasteiger partial charge in [-0.3, -0.25) is 23.9 Å². The van der Waals surface area contributed by atoms with Crippen LogP contribution in [0.3, 0.4) is 0 Å². The van der Waals surface area contributed by atoms with Crippen LogP contribution in [0.25, 0.3) is 10.9 Å². The highest BCUT2D eigenvalue weighted by atomic mass is 32.1. The number of aromatic nitrogens is 2. The van der Waals surface area contributed by atoms with Crippen molar-refractivity contribution >= 4 is 34.9 Å². The number of hydrogen-bond donors (Lipinski definition) is 3. The number of rotatable bonds is 8. The van der Waals surface area contributed by atoms with Gasteiger partial charge in [-0.25, -0.2) is 0 Å². The van der Waals surface area contributed by atoms with Crippen LogP contribution in [-0.2, 0) is 11.3 Å². The number of aromatic amines is 1. The van der Waals surface area contributed by atoms with Gasteiger partial charge < -0.3 is 15.6 Å². The summed E-state index contributed by atoms with van der Waals surface area (Å²) >= 11 is 5.26. The van der Waals surface area contributed by atoms with Crippen molar-refractivity contribution in [3.8, 4) is 0 Å². The quantitative estimate of drug-likeness (QED) is 0.428. The van der Waals surface area contributed by atoms with Gasteiger partial charge in [0, 0.05) is 37.8 Å². The summed E-state index contributed by atoms with van der Waals surface area (Å²) in [5, 5.41) is 6.43. The number of carbonyl (C=O) groups excluding carboxylic acids is 2. The smallest absolute Gasteiger partial charge is 0.262 e. The Kier molecular flexibility index (Phi) is 7.75. The molecule has 1 fully saturated rings. The SMILES string of the molecule is C=CCn1c(=S)[nH]c2cc(C(=O)NC3CCN(CC(=O)NCCC)CC3)ccc2c1=O. The summed E-state index contributed by atoms with van der Waals surface area (Å²) in [5.41, 5.74) is 0.803. The van der Waals surface area contributed by atoms with E-state index in [4.69, 9.17) is 12.2 Å². The molecule has 1 aromatic carbocycles. The van der Waals surface area contributed by atoms with E-state index in [2.05, 4.69) is 27.1 Å². The lowest BCUT2D eigenvalue weighted by Crippen LogP contribution is -2.47. The van der Waals surface area contributed by atoms with Gasteiger partial charge in [-0.05, 0) is 49.7 Å². The van der Waals surface area contributed by atoms with Crippen molar-refractivity contribution < 1.29 is 9.59 Å². The van der Waals surface area contributed by atoms with Crippen LogP contribution in [0.4, 0.5) is 0 Å². The Morgan fingerprint density at radius 2 is 2.06 bits per heavy atom. The number of H-pyrrole nitrogens is 1. The molecule has 31 heavy (non-hydrogen) atoms. The van der Waals surface area contributed by atoms with Crippen LogP contribution in [-0.4, -0.2) is 58.5 Å². The molecule has 3 rings (SSSR count). The van der Waals surface area contributed by atoms with E-state index >= 15 is 0 Å². The van der Waals surface area contributed by atoms with Crippen molar-refractivity contribution in [2.45, 2.75) is 38.8 Å². The Morgan fingerprint density at radius 1 is 1.32 bits per heavy atom. The standard InChI is InChI=1S/C22H29N5O3S/c1-3-9-23-19(28)14-26-11-7-16(8-12-26)24-20(29)15-5-6-17-18(13-15)25-22(31)27(10-4-2)21(17)30/h4-6,13,16H,2-3,7-12,14H2,1H3,(H,23,28)(H,24,29)(H,25,31). The van der Waals surface area contributed by atoms with Crippen molar-refractivity contribution in [2.24, 2.45) is 0 Å². The predicted molar refractivity (Wildman–Crippen MR) is 124 cm³/mol. The van der Waals surface area contributed by atoms with Crippen LogP contribution in [0.15, 0.2) is 35.6 Å². The monoisotopic (exact) mass is 443 g/mol. The average molecular weight is 444 g/mol. The van der Waals surface area contributed by atoms with Gasteiger partial charge in [0.2, 0.25) is 5.91 Å². The second kappa shape index (κ2) is 10.5. The van der Waals surface area contributed by atoms with Crippen molar-refractivity contribution in [1.29, 1.82) is 0 Å². The fourth-order valence-electron chi connectivity index (χ4n) is 3.72. The van der Waals surface area contributed by atoms with Gasteiger partial charge in [0.05, 0.1) is 17.4 Å². The first kappa shape index (κ1) is 22.9. The molecule has 2 heterocycles. The third-order valence-corrected chi connectivity index (χ3v) is 5.74. The summed E-state index contributed by atoms with van der Waals surface area (Å²) < 4.78 is 1.73. The summed E-state index contributed by atoms with van der Waals surface area (Å²) in [4.78, 5) is 42.3. The number of piperidine rings is 1. The summed E-state index contributed by atoms with van der Waals surface area (Å²) in [6.07, 6.45) is 4.11. The number of carbonyl (C=O) groups is 2. The first-order valence-corrected chi connectivity index (χ1v) is 11.0. The van der Waals surface area contributed by atoms with E-state index in [1.807, 2.05) is 6.92 Å². The van der Waals surface area contributed by atoms with Crippen molar-refractivity contribution in [2.75, 3.05) is 26.2 Å². The fourth-order valence-corrected chi connectivity index (χ4v) is 3.99. The van der Waals surface area contributed by atoms with Gasteiger partial charge in [0.15, 0.2) is 4.77 Å². The van der Waals surface area contributed by atoms with E-state index in [0.717, 1.165) is 32.4 Å². The van der Waals surface area contributed by atoms with Gasteiger partial charge in [-0.15, -0.1) is 6.58 Å². The highest BCUT2D eigenvalue weighted by Crippen LogP contribution is 2.14. The summed E-state index contributed by atoms with van der Waals surface area (Å²) in [6, 6.07) is 5.01. The molecule has 3 N–H and O–H groups in total. The minimum atomic E-state index is -0.207. The number of nitrogens with one attached hydrogen (secondary N) is 3. The van der Waals surface area contributed by atoms with Gasteiger partial charge >= 0.3 is 0 Å². The minimum Gasteiger partial charge on any atom is -0.355 e. The van der Waals surface area contributed by atoms with E-state index < -0.39 is 0 Å². The second-order valence-corrected chi connectivity index (χ2v) is 8.16. The molecule has 2 amide bonds. The average Bonchev–Trinajstić information content (AvgIpc) is 2.76. The van der Waals surface area contributed by atoms with Crippen molar-refractivity contribution in [3.05, 3.63) is 51.5 Å². The molecule has 0 aliphatic carbocycles. The Balaban J connectivity index is 1.62. The molecule has 0 saturated carbocycles. The van der Waals surface area contributed by atoms with Crippen LogP contribution >= 0.6 is 12.2 Å². The van der Waals surface area contributed by atoms with Gasteiger partial charge in [0.25, 0.3) is 11.5 Å². The molecule has 1 aromatic heterocycles. The molecule has 0 bridgehead atoms. The van der Waals surface area contributed by atoms with Crippen LogP contribution in [0.5, 0.6) is 0 Å². The normalized spacial score (nSPS) is 15.0. The Bertz CT molecular complexity index is 1080.